The van der Waals surface area contributed by atoms with E-state index in [2.05, 4.69) is 0 Å². The Labute approximate surface area is 78.2 Å². The largest absolute Gasteiger partial charge is 0.508 e. The highest BCUT2D eigenvalue weighted by atomic mass is 19.1. The van der Waals surface area contributed by atoms with E-state index < -0.39 is 6.17 Å². The number of rotatable bonds is 3. The summed E-state index contributed by atoms with van der Waals surface area (Å²) < 4.78 is 13.4. The van der Waals surface area contributed by atoms with Gasteiger partial charge >= 0.3 is 0 Å². The van der Waals surface area contributed by atoms with Crippen molar-refractivity contribution in [3.8, 4) is 5.75 Å². The third-order valence-electron chi connectivity index (χ3n) is 2.06. The molecule has 0 aliphatic rings. The standard InChI is InChI=1S/C11H15FO/c1-3-4-10(12)9-7-8(2)5-6-11(9)13/h5-7,10,13H,3-4H2,1-2H3. The van der Waals surface area contributed by atoms with Crippen LogP contribution in [-0.4, -0.2) is 5.11 Å². The van der Waals surface area contributed by atoms with Gasteiger partial charge < -0.3 is 5.11 Å². The van der Waals surface area contributed by atoms with Crippen molar-refractivity contribution in [2.45, 2.75) is 32.9 Å². The van der Waals surface area contributed by atoms with Crippen LogP contribution in [0.15, 0.2) is 18.2 Å². The van der Waals surface area contributed by atoms with Gasteiger partial charge in [0.2, 0.25) is 0 Å². The predicted octanol–water partition coefficient (Wildman–Crippen LogP) is 3.51. The average molecular weight is 182 g/mol. The van der Waals surface area contributed by atoms with Gasteiger partial charge in [-0.05, 0) is 25.5 Å². The van der Waals surface area contributed by atoms with Crippen molar-refractivity contribution >= 4 is 0 Å². The van der Waals surface area contributed by atoms with Gasteiger partial charge in [-0.15, -0.1) is 0 Å². The average Bonchev–Trinajstić information content (AvgIpc) is 2.09. The third kappa shape index (κ3) is 2.44. The summed E-state index contributed by atoms with van der Waals surface area (Å²) in [4.78, 5) is 0. The van der Waals surface area contributed by atoms with Crippen LogP contribution in [0.5, 0.6) is 5.75 Å². The molecule has 1 atom stereocenters. The summed E-state index contributed by atoms with van der Waals surface area (Å²) in [5.74, 6) is 0.0616. The Hall–Kier alpha value is -1.05. The number of aromatic hydroxyl groups is 1. The highest BCUT2D eigenvalue weighted by Gasteiger charge is 2.12. The van der Waals surface area contributed by atoms with E-state index >= 15 is 0 Å². The number of phenolic OH excluding ortho intramolecular Hbond substituents is 1. The zero-order chi connectivity index (χ0) is 9.84. The number of benzene rings is 1. The van der Waals surface area contributed by atoms with E-state index in [4.69, 9.17) is 0 Å². The van der Waals surface area contributed by atoms with Crippen LogP contribution in [-0.2, 0) is 0 Å². The molecule has 0 aromatic heterocycles. The molecule has 0 aliphatic heterocycles. The summed E-state index contributed by atoms with van der Waals surface area (Å²) in [7, 11) is 0. The molecule has 0 aliphatic carbocycles. The van der Waals surface area contributed by atoms with Crippen LogP contribution in [0.4, 0.5) is 4.39 Å². The van der Waals surface area contributed by atoms with E-state index in [1.54, 1.807) is 18.2 Å². The van der Waals surface area contributed by atoms with Gasteiger partial charge in [0.25, 0.3) is 0 Å². The molecule has 0 bridgehead atoms. The van der Waals surface area contributed by atoms with Crippen LogP contribution >= 0.6 is 0 Å². The molecule has 1 rings (SSSR count). The van der Waals surface area contributed by atoms with E-state index in [0.717, 1.165) is 12.0 Å². The monoisotopic (exact) mass is 182 g/mol. The second kappa shape index (κ2) is 4.26. The summed E-state index contributed by atoms with van der Waals surface area (Å²) in [6.07, 6.45) is 0.218. The summed E-state index contributed by atoms with van der Waals surface area (Å²) in [6, 6.07) is 5.03. The van der Waals surface area contributed by atoms with Crippen molar-refractivity contribution in [3.05, 3.63) is 29.3 Å². The van der Waals surface area contributed by atoms with Gasteiger partial charge in [0.05, 0.1) is 0 Å². The van der Waals surface area contributed by atoms with Gasteiger partial charge in [-0.2, -0.15) is 0 Å². The lowest BCUT2D eigenvalue weighted by Gasteiger charge is -2.09. The van der Waals surface area contributed by atoms with Crippen LogP contribution in [0.3, 0.4) is 0 Å². The lowest BCUT2D eigenvalue weighted by Crippen LogP contribution is -1.92. The third-order valence-corrected chi connectivity index (χ3v) is 2.06. The summed E-state index contributed by atoms with van der Waals surface area (Å²) in [5, 5.41) is 9.39. The molecular weight excluding hydrogens is 167 g/mol. The smallest absolute Gasteiger partial charge is 0.129 e. The number of aryl methyl sites for hydroxylation is 1. The summed E-state index contributed by atoms with van der Waals surface area (Å²) in [6.45, 7) is 3.82. The van der Waals surface area contributed by atoms with Crippen LogP contribution in [0, 0.1) is 6.92 Å². The molecule has 72 valence electrons. The van der Waals surface area contributed by atoms with Crippen LogP contribution < -0.4 is 0 Å². The van der Waals surface area contributed by atoms with Gasteiger partial charge in [0.15, 0.2) is 0 Å². The van der Waals surface area contributed by atoms with Gasteiger partial charge in [0.1, 0.15) is 11.9 Å². The highest BCUT2D eigenvalue weighted by Crippen LogP contribution is 2.30. The van der Waals surface area contributed by atoms with Gasteiger partial charge in [-0.25, -0.2) is 4.39 Å². The highest BCUT2D eigenvalue weighted by molar-refractivity contribution is 5.37. The normalized spacial score (nSPS) is 12.8. The van der Waals surface area contributed by atoms with Gasteiger partial charge in [0, 0.05) is 5.56 Å². The lowest BCUT2D eigenvalue weighted by atomic mass is 10.0. The molecule has 0 amide bonds. The first kappa shape index (κ1) is 10.0. The molecule has 0 saturated carbocycles. The molecule has 0 spiro atoms. The van der Waals surface area contributed by atoms with Gasteiger partial charge in [-0.3, -0.25) is 0 Å². The number of hydrogen-bond acceptors (Lipinski definition) is 1. The lowest BCUT2D eigenvalue weighted by molar-refractivity contribution is 0.309. The fourth-order valence-electron chi connectivity index (χ4n) is 1.33. The van der Waals surface area contributed by atoms with Crippen molar-refractivity contribution in [2.24, 2.45) is 0 Å². The molecule has 1 unspecified atom stereocenters. The Balaban J connectivity index is 2.91. The molecule has 0 fully saturated rings. The molecule has 0 heterocycles. The number of phenols is 1. The Kier molecular flexibility index (Phi) is 3.29. The minimum atomic E-state index is -1.04. The van der Waals surface area contributed by atoms with E-state index in [1.165, 1.54) is 0 Å². The molecule has 1 nitrogen and oxygen atoms in total. The number of alkyl halides is 1. The molecule has 1 N–H and O–H groups in total. The van der Waals surface area contributed by atoms with Crippen molar-refractivity contribution in [3.63, 3.8) is 0 Å². The van der Waals surface area contributed by atoms with Crippen LogP contribution in [0.1, 0.15) is 37.1 Å². The minimum absolute atomic E-state index is 0.0616. The number of hydrogen-bond donors (Lipinski definition) is 1. The molecule has 1 aromatic carbocycles. The fraction of sp³-hybridized carbons (Fsp3) is 0.455. The first-order valence-electron chi connectivity index (χ1n) is 4.58. The Morgan fingerprint density at radius 1 is 1.46 bits per heavy atom. The predicted molar refractivity (Wildman–Crippen MR) is 51.6 cm³/mol. The second-order valence-electron chi connectivity index (χ2n) is 3.32. The first-order chi connectivity index (χ1) is 6.15. The second-order valence-corrected chi connectivity index (χ2v) is 3.32. The van der Waals surface area contributed by atoms with E-state index in [9.17, 15) is 9.50 Å². The SMILES string of the molecule is CCCC(F)c1cc(C)ccc1O. The Morgan fingerprint density at radius 2 is 2.15 bits per heavy atom. The van der Waals surface area contributed by atoms with Gasteiger partial charge in [-0.1, -0.05) is 25.0 Å². The van der Waals surface area contributed by atoms with Crippen molar-refractivity contribution in [1.82, 2.24) is 0 Å². The topological polar surface area (TPSA) is 20.2 Å². The van der Waals surface area contributed by atoms with Crippen molar-refractivity contribution in [2.75, 3.05) is 0 Å². The zero-order valence-corrected chi connectivity index (χ0v) is 8.05. The Morgan fingerprint density at radius 3 is 2.77 bits per heavy atom. The fourth-order valence-corrected chi connectivity index (χ4v) is 1.33. The maximum absolute atomic E-state index is 13.4. The van der Waals surface area contributed by atoms with Crippen LogP contribution in [0.2, 0.25) is 0 Å². The maximum Gasteiger partial charge on any atom is 0.129 e. The number of halogens is 1. The van der Waals surface area contributed by atoms with E-state index in [0.29, 0.717) is 12.0 Å². The molecule has 0 saturated heterocycles. The minimum Gasteiger partial charge on any atom is -0.508 e. The first-order valence-corrected chi connectivity index (χ1v) is 4.58. The molecule has 13 heavy (non-hydrogen) atoms. The van der Waals surface area contributed by atoms with Crippen molar-refractivity contribution in [1.29, 1.82) is 0 Å². The van der Waals surface area contributed by atoms with Crippen molar-refractivity contribution < 1.29 is 9.50 Å². The molecular formula is C11H15FO. The summed E-state index contributed by atoms with van der Waals surface area (Å²) in [5.41, 5.74) is 1.40. The maximum atomic E-state index is 13.4. The van der Waals surface area contributed by atoms with Crippen LogP contribution in [0.25, 0.3) is 0 Å². The van der Waals surface area contributed by atoms with E-state index in [1.807, 2.05) is 13.8 Å². The van der Waals surface area contributed by atoms with E-state index in [-0.39, 0.29) is 5.75 Å². The quantitative estimate of drug-likeness (QED) is 0.758. The Bertz CT molecular complexity index is 283. The molecule has 2 heteroatoms. The molecule has 0 radical (unpaired) electrons. The zero-order valence-electron chi connectivity index (χ0n) is 8.05. The summed E-state index contributed by atoms with van der Waals surface area (Å²) >= 11 is 0. The molecule has 1 aromatic rings.